The zero-order valence-electron chi connectivity index (χ0n) is 30.2. The van der Waals surface area contributed by atoms with Crippen molar-refractivity contribution in [2.75, 3.05) is 43.1 Å². The quantitative estimate of drug-likeness (QED) is 0.0944. The van der Waals surface area contributed by atoms with Gasteiger partial charge in [0.15, 0.2) is 5.82 Å². The molecule has 1 N–H and O–H groups in total. The highest BCUT2D eigenvalue weighted by Gasteiger charge is 2.44. The lowest BCUT2D eigenvalue weighted by molar-refractivity contribution is -0.141. The van der Waals surface area contributed by atoms with E-state index < -0.39 is 35.2 Å². The first-order valence-corrected chi connectivity index (χ1v) is 17.6. The number of fused-ring (bicyclic) bond motifs is 2. The van der Waals surface area contributed by atoms with Gasteiger partial charge in [-0.15, -0.1) is 6.42 Å². The number of carbonyl (C=O) groups is 1. The summed E-state index contributed by atoms with van der Waals surface area (Å²) >= 11 is 0. The Morgan fingerprint density at radius 1 is 1.18 bits per heavy atom. The summed E-state index contributed by atoms with van der Waals surface area (Å²) in [6.45, 7) is 5.65. The normalized spacial score (nSPS) is 19.8. The van der Waals surface area contributed by atoms with E-state index in [1.165, 1.54) is 36.5 Å². The maximum absolute atomic E-state index is 17.0. The summed E-state index contributed by atoms with van der Waals surface area (Å²) in [5.41, 5.74) is -2.71. The third-order valence-corrected chi connectivity index (χ3v) is 10.3. The van der Waals surface area contributed by atoms with Crippen molar-refractivity contribution in [2.45, 2.75) is 50.1 Å². The summed E-state index contributed by atoms with van der Waals surface area (Å²) < 4.78 is 92.8. The molecule has 16 heteroatoms. The Morgan fingerprint density at radius 2 is 1.96 bits per heavy atom. The fourth-order valence-corrected chi connectivity index (χ4v) is 7.71. The van der Waals surface area contributed by atoms with Gasteiger partial charge in [-0.25, -0.2) is 18.2 Å². The number of hydrogen-bond donors (Lipinski definition) is 1. The molecule has 5 aromatic rings. The van der Waals surface area contributed by atoms with Gasteiger partial charge in [-0.1, -0.05) is 18.6 Å². The van der Waals surface area contributed by atoms with Gasteiger partial charge in [0.05, 0.1) is 34.9 Å². The number of aromatic nitrogens is 4. The van der Waals surface area contributed by atoms with Crippen LogP contribution in [0, 0.1) is 24.0 Å². The van der Waals surface area contributed by atoms with Crippen molar-refractivity contribution in [1.82, 2.24) is 24.8 Å². The van der Waals surface area contributed by atoms with E-state index in [-0.39, 0.29) is 94.4 Å². The van der Waals surface area contributed by atoms with Gasteiger partial charge in [0.1, 0.15) is 47.1 Å². The number of rotatable bonds is 9. The van der Waals surface area contributed by atoms with Crippen molar-refractivity contribution in [1.29, 1.82) is 0 Å². The molecule has 0 unspecified atom stereocenters. The second-order valence-corrected chi connectivity index (χ2v) is 14.2. The number of amides is 1. The number of nitrogens with zero attached hydrogens (tertiary/aromatic N) is 7. The number of anilines is 2. The molecule has 0 saturated carbocycles. The molecule has 0 radical (unpaired) electrons. The van der Waals surface area contributed by atoms with Crippen LogP contribution in [0.25, 0.3) is 32.9 Å². The van der Waals surface area contributed by atoms with E-state index in [9.17, 15) is 27.5 Å². The number of terminal acetylenes is 1. The van der Waals surface area contributed by atoms with Crippen molar-refractivity contribution < 1.29 is 41.0 Å². The number of alkyl halides is 4. The first-order chi connectivity index (χ1) is 26.6. The Morgan fingerprint density at radius 3 is 2.66 bits per heavy atom. The van der Waals surface area contributed by atoms with E-state index in [2.05, 4.69) is 32.4 Å². The number of ether oxygens (including phenoxy) is 1. The van der Waals surface area contributed by atoms with E-state index in [4.69, 9.17) is 11.2 Å². The van der Waals surface area contributed by atoms with Crippen LogP contribution in [0.1, 0.15) is 37.4 Å². The predicted octanol–water partition coefficient (Wildman–Crippen LogP) is 7.22. The van der Waals surface area contributed by atoms with E-state index in [0.29, 0.717) is 18.4 Å². The number of likely N-dealkylation sites (N-methyl/N-ethyl adjacent to an activating group) is 1. The fourth-order valence-electron chi connectivity index (χ4n) is 7.71. The van der Waals surface area contributed by atoms with Crippen molar-refractivity contribution in [3.63, 3.8) is 0 Å². The van der Waals surface area contributed by atoms with E-state index >= 15 is 8.78 Å². The van der Waals surface area contributed by atoms with Gasteiger partial charge in [-0.3, -0.25) is 9.78 Å². The summed E-state index contributed by atoms with van der Waals surface area (Å²) in [6, 6.07) is 6.59. The Labute approximate surface area is 317 Å². The lowest BCUT2D eigenvalue weighted by atomic mass is 9.96. The molecule has 5 heterocycles. The molecule has 10 nitrogen and oxygen atoms in total. The van der Waals surface area contributed by atoms with Crippen LogP contribution in [-0.4, -0.2) is 86.9 Å². The maximum Gasteiger partial charge on any atom is 0.433 e. The zero-order chi connectivity index (χ0) is 40.1. The summed E-state index contributed by atoms with van der Waals surface area (Å²) in [5.74, 6) is 0.290. The molecule has 1 amide bonds. The molecule has 56 heavy (non-hydrogen) atoms. The molecule has 0 aliphatic carbocycles. The zero-order valence-corrected chi connectivity index (χ0v) is 30.2. The number of benzene rings is 2. The number of aromatic hydroxyl groups is 1. The Kier molecular flexibility index (Phi) is 9.90. The Hall–Kier alpha value is -6.11. The van der Waals surface area contributed by atoms with E-state index in [1.807, 2.05) is 0 Å². The average Bonchev–Trinajstić information content (AvgIpc) is 3.76. The highest BCUT2D eigenvalue weighted by molar-refractivity contribution is 6.03. The van der Waals surface area contributed by atoms with Gasteiger partial charge in [-0.05, 0) is 61.6 Å². The number of phenolic OH excluding ortho intramolecular Hbond substituents is 1. The Bertz CT molecular complexity index is 2400. The number of halogens is 6. The fraction of sp³-hybridized carbons (Fsp3) is 0.325. The van der Waals surface area contributed by atoms with Crippen LogP contribution in [-0.2, 0) is 11.0 Å². The van der Waals surface area contributed by atoms with Crippen molar-refractivity contribution in [2.24, 2.45) is 0 Å². The van der Waals surface area contributed by atoms with E-state index in [0.717, 1.165) is 24.8 Å². The first-order valence-electron chi connectivity index (χ1n) is 17.6. The third kappa shape index (κ3) is 6.97. The number of likely N-dealkylation sites (tertiary alicyclic amines) is 1. The summed E-state index contributed by atoms with van der Waals surface area (Å²) in [4.78, 5) is 34.5. The molecule has 2 aromatic carbocycles. The molecule has 2 fully saturated rings. The first kappa shape index (κ1) is 38.2. The highest BCUT2D eigenvalue weighted by Crippen LogP contribution is 2.40. The molecule has 2 saturated heterocycles. The van der Waals surface area contributed by atoms with Gasteiger partial charge in [0.25, 0.3) is 0 Å². The lowest BCUT2D eigenvalue weighted by Gasteiger charge is -2.36. The van der Waals surface area contributed by atoms with Crippen molar-refractivity contribution in [3.8, 4) is 35.4 Å². The smallest absolute Gasteiger partial charge is 0.433 e. The minimum absolute atomic E-state index is 0.000572. The van der Waals surface area contributed by atoms with Gasteiger partial charge < -0.3 is 24.5 Å². The van der Waals surface area contributed by atoms with Crippen molar-refractivity contribution in [3.05, 3.63) is 84.3 Å². The van der Waals surface area contributed by atoms with Crippen LogP contribution >= 0.6 is 0 Å². The molecule has 290 valence electrons. The Balaban J connectivity index is 1.31. The van der Waals surface area contributed by atoms with Gasteiger partial charge in [-0.2, -0.15) is 23.1 Å². The molecule has 7 rings (SSSR count). The molecular weight excluding hydrogens is 740 g/mol. The van der Waals surface area contributed by atoms with Crippen LogP contribution < -0.4 is 14.5 Å². The SMILES string of the molecule is C#Cc1c(F)ccc2cc(O)cc(-c3ncc4c(N(C)C[C@@H]5CCCN5C(=O)C=C)nc(OC[C@]5(C)C[C@@H](F)CN5c5ccc(C(F)(F)F)nc5)nc4c3F)c12. The molecule has 3 aromatic heterocycles. The number of carbonyl (C=O) groups excluding carboxylic acids is 1. The topological polar surface area (TPSA) is 108 Å². The monoisotopic (exact) mass is 775 g/mol. The van der Waals surface area contributed by atoms with Crippen molar-refractivity contribution >= 4 is 39.1 Å². The molecular formula is C40H35F6N7O3. The van der Waals surface area contributed by atoms with E-state index in [1.54, 1.807) is 28.7 Å². The summed E-state index contributed by atoms with van der Waals surface area (Å²) in [5, 5.41) is 11.2. The highest BCUT2D eigenvalue weighted by atomic mass is 19.4. The third-order valence-electron chi connectivity index (χ3n) is 10.3. The second kappa shape index (κ2) is 14.5. The lowest BCUT2D eigenvalue weighted by Crippen LogP contribution is -2.46. The molecule has 2 aliphatic rings. The minimum Gasteiger partial charge on any atom is -0.508 e. The van der Waals surface area contributed by atoms with Crippen LogP contribution in [0.15, 0.2) is 61.4 Å². The van der Waals surface area contributed by atoms with Gasteiger partial charge in [0.2, 0.25) is 5.91 Å². The summed E-state index contributed by atoms with van der Waals surface area (Å²) in [7, 11) is 1.70. The average molecular weight is 776 g/mol. The van der Waals surface area contributed by atoms with Gasteiger partial charge >= 0.3 is 12.2 Å². The number of hydrogen-bond acceptors (Lipinski definition) is 9. The molecule has 0 spiro atoms. The number of phenols is 1. The molecule has 3 atom stereocenters. The van der Waals surface area contributed by atoms with Crippen LogP contribution in [0.5, 0.6) is 11.8 Å². The molecule has 2 aliphatic heterocycles. The largest absolute Gasteiger partial charge is 0.508 e. The van der Waals surface area contributed by atoms with Crippen LogP contribution in [0.2, 0.25) is 0 Å². The maximum atomic E-state index is 17.0. The van der Waals surface area contributed by atoms with Crippen LogP contribution in [0.3, 0.4) is 0 Å². The predicted molar refractivity (Wildman–Crippen MR) is 198 cm³/mol. The second-order valence-electron chi connectivity index (χ2n) is 14.2. The standard InChI is InChI=1S/C40H35F6N7O3/c1-5-27-30(42)11-9-22-14-26(54)15-28(33(22)27)35-34(43)36-29(18-48-35)37(51(4)20-25-8-7-13-52(25)32(55)6-2)50-38(49-36)56-21-39(3)16-23(41)19-53(39)24-10-12-31(47-17-24)40(44,45)46/h1,6,9-12,14-15,17-18,23,25,54H,2,7-8,13,16,19-21H2,3-4H3/t23-,25+,39+/m1/s1. The summed E-state index contributed by atoms with van der Waals surface area (Å²) in [6.07, 6.45) is 4.62. The van der Waals surface area contributed by atoms with Crippen LogP contribution in [0.4, 0.5) is 37.8 Å². The van der Waals surface area contributed by atoms with Gasteiger partial charge in [0, 0.05) is 49.7 Å². The molecule has 0 bridgehead atoms. The minimum atomic E-state index is -4.66. The number of pyridine rings is 2.